The number of nitrogens with two attached hydrogens (primary N) is 1. The molecule has 0 aliphatic rings. The van der Waals surface area contributed by atoms with Crippen LogP contribution in [0.15, 0.2) is 42.5 Å². The lowest BCUT2D eigenvalue weighted by molar-refractivity contribution is -0.119. The van der Waals surface area contributed by atoms with Crippen LogP contribution in [-0.2, 0) is 11.3 Å². The van der Waals surface area contributed by atoms with Crippen LogP contribution < -0.4 is 10.6 Å². The van der Waals surface area contributed by atoms with E-state index < -0.39 is 17.8 Å². The molecule has 0 aliphatic carbocycles. The fourth-order valence-electron chi connectivity index (χ4n) is 2.12. The summed E-state index contributed by atoms with van der Waals surface area (Å²) < 4.78 is 13.3. The topological polar surface area (TPSA) is 66.6 Å². The molecule has 0 bridgehead atoms. The quantitative estimate of drug-likeness (QED) is 0.889. The molecule has 0 aliphatic heterocycles. The SMILES string of the molecule is CC(C(N)=O)N(Cc1cccc(O)c1)c1ccc(F)c(Cl)c1. The van der Waals surface area contributed by atoms with Crippen LogP contribution in [0.1, 0.15) is 12.5 Å². The maximum Gasteiger partial charge on any atom is 0.239 e. The van der Waals surface area contributed by atoms with E-state index in [1.54, 1.807) is 30.0 Å². The molecule has 0 fully saturated rings. The predicted octanol–water partition coefficient (Wildman–Crippen LogP) is 3.07. The molecule has 0 spiro atoms. The highest BCUT2D eigenvalue weighted by Crippen LogP contribution is 2.26. The molecule has 1 unspecified atom stereocenters. The Balaban J connectivity index is 2.38. The zero-order chi connectivity index (χ0) is 16.3. The van der Waals surface area contributed by atoms with E-state index in [-0.39, 0.29) is 10.8 Å². The summed E-state index contributed by atoms with van der Waals surface area (Å²) in [7, 11) is 0. The molecule has 4 nitrogen and oxygen atoms in total. The van der Waals surface area contributed by atoms with Gasteiger partial charge in [0, 0.05) is 12.2 Å². The van der Waals surface area contributed by atoms with Crippen LogP contribution in [-0.4, -0.2) is 17.1 Å². The second kappa shape index (κ2) is 6.66. The van der Waals surface area contributed by atoms with Gasteiger partial charge in [0.15, 0.2) is 0 Å². The third kappa shape index (κ3) is 3.68. The van der Waals surface area contributed by atoms with Crippen molar-refractivity contribution in [2.75, 3.05) is 4.90 Å². The average Bonchev–Trinajstić information content (AvgIpc) is 2.47. The van der Waals surface area contributed by atoms with E-state index in [2.05, 4.69) is 0 Å². The fourth-order valence-corrected chi connectivity index (χ4v) is 2.30. The van der Waals surface area contributed by atoms with Gasteiger partial charge in [0.1, 0.15) is 17.6 Å². The number of phenolic OH excluding ortho intramolecular Hbond substituents is 1. The minimum Gasteiger partial charge on any atom is -0.508 e. The maximum atomic E-state index is 13.3. The van der Waals surface area contributed by atoms with E-state index in [1.807, 2.05) is 6.07 Å². The molecule has 2 aromatic rings. The van der Waals surface area contributed by atoms with Gasteiger partial charge < -0.3 is 15.7 Å². The smallest absolute Gasteiger partial charge is 0.239 e. The second-order valence-electron chi connectivity index (χ2n) is 4.97. The highest BCUT2D eigenvalue weighted by atomic mass is 35.5. The van der Waals surface area contributed by atoms with Gasteiger partial charge in [-0.05, 0) is 42.8 Å². The molecule has 0 radical (unpaired) electrons. The molecule has 22 heavy (non-hydrogen) atoms. The van der Waals surface area contributed by atoms with E-state index >= 15 is 0 Å². The highest BCUT2D eigenvalue weighted by molar-refractivity contribution is 6.31. The number of rotatable bonds is 5. The van der Waals surface area contributed by atoms with Crippen LogP contribution in [0, 0.1) is 5.82 Å². The standard InChI is InChI=1S/C16H16ClFN2O2/c1-10(16(19)22)20(9-11-3-2-4-13(21)7-11)12-5-6-15(18)14(17)8-12/h2-8,10,21H,9H2,1H3,(H2,19,22). The number of phenols is 1. The van der Waals surface area contributed by atoms with E-state index in [4.69, 9.17) is 17.3 Å². The largest absolute Gasteiger partial charge is 0.508 e. The zero-order valence-corrected chi connectivity index (χ0v) is 12.7. The molecule has 2 rings (SSSR count). The number of anilines is 1. The normalized spacial score (nSPS) is 12.0. The van der Waals surface area contributed by atoms with Crippen molar-refractivity contribution in [2.24, 2.45) is 5.73 Å². The van der Waals surface area contributed by atoms with Crippen LogP contribution in [0.5, 0.6) is 5.75 Å². The van der Waals surface area contributed by atoms with Crippen molar-refractivity contribution >= 4 is 23.2 Å². The van der Waals surface area contributed by atoms with Crippen LogP contribution in [0.2, 0.25) is 5.02 Å². The molecule has 2 aromatic carbocycles. The number of nitrogens with zero attached hydrogens (tertiary/aromatic N) is 1. The summed E-state index contributed by atoms with van der Waals surface area (Å²) in [4.78, 5) is 13.2. The number of halogens is 2. The number of primary amides is 1. The molecule has 6 heteroatoms. The minimum absolute atomic E-state index is 0.0323. The third-order valence-electron chi connectivity index (χ3n) is 3.38. The lowest BCUT2D eigenvalue weighted by atomic mass is 10.1. The summed E-state index contributed by atoms with van der Waals surface area (Å²) >= 11 is 5.81. The van der Waals surface area contributed by atoms with E-state index in [0.717, 1.165) is 5.56 Å². The summed E-state index contributed by atoms with van der Waals surface area (Å²) in [6.45, 7) is 1.98. The Morgan fingerprint density at radius 1 is 1.36 bits per heavy atom. The molecule has 116 valence electrons. The second-order valence-corrected chi connectivity index (χ2v) is 5.38. The first-order valence-electron chi connectivity index (χ1n) is 6.67. The molecule has 3 N–H and O–H groups in total. The Labute approximate surface area is 132 Å². The Hall–Kier alpha value is -2.27. The lowest BCUT2D eigenvalue weighted by Crippen LogP contribution is -2.42. The minimum atomic E-state index is -0.621. The van der Waals surface area contributed by atoms with Crippen LogP contribution in [0.25, 0.3) is 0 Å². The number of carbonyl (C=O) groups is 1. The summed E-state index contributed by atoms with van der Waals surface area (Å²) in [6, 6.07) is 10.2. The van der Waals surface area contributed by atoms with Crippen molar-refractivity contribution in [3.8, 4) is 5.75 Å². The van der Waals surface area contributed by atoms with Crippen molar-refractivity contribution in [2.45, 2.75) is 19.5 Å². The number of hydrogen-bond acceptors (Lipinski definition) is 3. The number of aromatic hydroxyl groups is 1. The first kappa shape index (κ1) is 16.1. The first-order chi connectivity index (χ1) is 10.4. The molecular weight excluding hydrogens is 307 g/mol. The van der Waals surface area contributed by atoms with Crippen LogP contribution in [0.3, 0.4) is 0 Å². The van der Waals surface area contributed by atoms with Gasteiger partial charge >= 0.3 is 0 Å². The monoisotopic (exact) mass is 322 g/mol. The van der Waals surface area contributed by atoms with Crippen molar-refractivity contribution in [3.05, 3.63) is 58.9 Å². The van der Waals surface area contributed by atoms with Crippen molar-refractivity contribution in [1.29, 1.82) is 0 Å². The third-order valence-corrected chi connectivity index (χ3v) is 3.67. The lowest BCUT2D eigenvalue weighted by Gasteiger charge is -2.29. The average molecular weight is 323 g/mol. The molecule has 1 amide bonds. The van der Waals surface area contributed by atoms with E-state index in [0.29, 0.717) is 12.2 Å². The summed E-state index contributed by atoms with van der Waals surface area (Å²) in [5, 5.41) is 9.51. The van der Waals surface area contributed by atoms with Gasteiger partial charge in [-0.2, -0.15) is 0 Å². The van der Waals surface area contributed by atoms with Gasteiger partial charge in [0.05, 0.1) is 5.02 Å². The predicted molar refractivity (Wildman–Crippen MR) is 84.4 cm³/mol. The summed E-state index contributed by atoms with van der Waals surface area (Å²) in [5.41, 5.74) is 6.74. The van der Waals surface area contributed by atoms with Gasteiger partial charge in [-0.15, -0.1) is 0 Å². The molecule has 0 aromatic heterocycles. The molecule has 1 atom stereocenters. The summed E-state index contributed by atoms with van der Waals surface area (Å²) in [5.74, 6) is -0.920. The van der Waals surface area contributed by atoms with Gasteiger partial charge in [0.2, 0.25) is 5.91 Å². The first-order valence-corrected chi connectivity index (χ1v) is 7.05. The Morgan fingerprint density at radius 2 is 2.09 bits per heavy atom. The van der Waals surface area contributed by atoms with Gasteiger partial charge in [-0.25, -0.2) is 4.39 Å². The number of benzene rings is 2. The van der Waals surface area contributed by atoms with Gasteiger partial charge in [-0.1, -0.05) is 23.7 Å². The molecule has 0 heterocycles. The van der Waals surface area contributed by atoms with Crippen LogP contribution in [0.4, 0.5) is 10.1 Å². The number of hydrogen-bond donors (Lipinski definition) is 2. The number of amides is 1. The van der Waals surface area contributed by atoms with Gasteiger partial charge in [0.25, 0.3) is 0 Å². The zero-order valence-electron chi connectivity index (χ0n) is 12.0. The van der Waals surface area contributed by atoms with Crippen molar-refractivity contribution < 1.29 is 14.3 Å². The number of carbonyl (C=O) groups excluding carboxylic acids is 1. The molecule has 0 saturated heterocycles. The fraction of sp³-hybridized carbons (Fsp3) is 0.188. The summed E-state index contributed by atoms with van der Waals surface area (Å²) in [6.07, 6.45) is 0. The van der Waals surface area contributed by atoms with Crippen molar-refractivity contribution in [1.82, 2.24) is 0 Å². The van der Waals surface area contributed by atoms with E-state index in [9.17, 15) is 14.3 Å². The van der Waals surface area contributed by atoms with Crippen molar-refractivity contribution in [3.63, 3.8) is 0 Å². The molecular formula is C16H16ClFN2O2. The molecule has 0 saturated carbocycles. The Morgan fingerprint density at radius 3 is 2.68 bits per heavy atom. The van der Waals surface area contributed by atoms with E-state index in [1.165, 1.54) is 18.2 Å². The Kier molecular flexibility index (Phi) is 4.88. The highest BCUT2D eigenvalue weighted by Gasteiger charge is 2.20. The Bertz CT molecular complexity index is 694. The van der Waals surface area contributed by atoms with Gasteiger partial charge in [-0.3, -0.25) is 4.79 Å². The van der Waals surface area contributed by atoms with Crippen LogP contribution >= 0.6 is 11.6 Å². The maximum absolute atomic E-state index is 13.3.